The summed E-state index contributed by atoms with van der Waals surface area (Å²) >= 11 is 0. The second kappa shape index (κ2) is 9.38. The van der Waals surface area contributed by atoms with Gasteiger partial charge in [-0.1, -0.05) is 24.3 Å². The predicted octanol–water partition coefficient (Wildman–Crippen LogP) is 3.57. The largest absolute Gasteiger partial charge is 0.493 e. The Morgan fingerprint density at radius 1 is 1.09 bits per heavy atom. The number of methoxy groups -OCH3 is 2. The van der Waals surface area contributed by atoms with Gasteiger partial charge in [-0.05, 0) is 36.8 Å². The number of nitrogens with one attached hydrogen (secondary N) is 1. The van der Waals surface area contributed by atoms with Gasteiger partial charge in [0.1, 0.15) is 0 Å². The van der Waals surface area contributed by atoms with Gasteiger partial charge in [0.2, 0.25) is 0 Å². The van der Waals surface area contributed by atoms with Gasteiger partial charge in [0.15, 0.2) is 17.2 Å². The quantitative estimate of drug-likeness (QED) is 0.461. The van der Waals surface area contributed by atoms with Crippen LogP contribution < -0.4 is 14.8 Å². The molecule has 8 heteroatoms. The molecule has 4 rings (SSSR count). The van der Waals surface area contributed by atoms with Crippen LogP contribution in [0.25, 0.3) is 16.8 Å². The molecule has 0 saturated heterocycles. The van der Waals surface area contributed by atoms with Crippen molar-refractivity contribution in [3.8, 4) is 28.3 Å². The lowest BCUT2D eigenvalue weighted by Crippen LogP contribution is -2.36. The molecule has 32 heavy (non-hydrogen) atoms. The highest BCUT2D eigenvalue weighted by Crippen LogP contribution is 2.34. The number of carbonyl (C=O) groups is 1. The van der Waals surface area contributed by atoms with Gasteiger partial charge in [-0.3, -0.25) is 4.79 Å². The molecule has 0 aliphatic carbocycles. The Balaban J connectivity index is 1.70. The van der Waals surface area contributed by atoms with Crippen molar-refractivity contribution in [3.05, 3.63) is 79.1 Å². The van der Waals surface area contributed by atoms with Gasteiger partial charge in [-0.15, -0.1) is 0 Å². The number of hydrogen-bond acceptors (Lipinski definition) is 5. The van der Waals surface area contributed by atoms with Crippen molar-refractivity contribution in [3.63, 3.8) is 0 Å². The number of para-hydroxylation sites is 1. The van der Waals surface area contributed by atoms with Crippen molar-refractivity contribution in [1.29, 1.82) is 0 Å². The molecule has 0 radical (unpaired) electrons. The molecule has 164 valence electrons. The van der Waals surface area contributed by atoms with Crippen molar-refractivity contribution in [2.24, 2.45) is 0 Å². The van der Waals surface area contributed by atoms with Gasteiger partial charge in [-0.25, -0.2) is 9.67 Å². The van der Waals surface area contributed by atoms with Gasteiger partial charge < -0.3 is 19.4 Å². The number of amides is 1. The number of aromatic nitrogens is 4. The van der Waals surface area contributed by atoms with E-state index < -0.39 is 0 Å². The molecular weight excluding hydrogens is 406 g/mol. The number of ether oxygens (including phenoxy) is 2. The highest BCUT2D eigenvalue weighted by molar-refractivity contribution is 5.99. The zero-order chi connectivity index (χ0) is 22.5. The first-order valence-corrected chi connectivity index (χ1v) is 10.2. The smallest absolute Gasteiger partial charge is 0.272 e. The molecule has 0 aliphatic heterocycles. The Hall–Kier alpha value is -4.07. The maximum atomic E-state index is 13.2. The van der Waals surface area contributed by atoms with Crippen molar-refractivity contribution >= 4 is 5.91 Å². The fourth-order valence-electron chi connectivity index (χ4n) is 3.52. The van der Waals surface area contributed by atoms with Crippen molar-refractivity contribution in [2.75, 3.05) is 14.2 Å². The fraction of sp³-hybridized carbons (Fsp3) is 0.208. The van der Waals surface area contributed by atoms with E-state index in [0.717, 1.165) is 11.3 Å². The molecular formula is C24H25N5O3. The van der Waals surface area contributed by atoms with Crippen LogP contribution in [0.2, 0.25) is 0 Å². The summed E-state index contributed by atoms with van der Waals surface area (Å²) in [7, 11) is 3.17. The Bertz CT molecular complexity index is 1190. The molecule has 0 saturated carbocycles. The highest BCUT2D eigenvalue weighted by atomic mass is 16.5. The summed E-state index contributed by atoms with van der Waals surface area (Å²) in [6.07, 6.45) is 7.15. The summed E-state index contributed by atoms with van der Waals surface area (Å²) in [5.41, 5.74) is 2.69. The SMILES string of the molecule is COc1ccc(-c2cn(-c3ccccc3)nc2C(=O)NC(C)Cn2ccnc2)cc1OC. The Morgan fingerprint density at radius 3 is 2.56 bits per heavy atom. The minimum Gasteiger partial charge on any atom is -0.493 e. The van der Waals surface area contributed by atoms with E-state index in [1.807, 2.05) is 72.4 Å². The summed E-state index contributed by atoms with van der Waals surface area (Å²) in [6, 6.07) is 15.1. The molecule has 0 bridgehead atoms. The van der Waals surface area contributed by atoms with Crippen LogP contribution in [0.5, 0.6) is 11.5 Å². The first-order valence-electron chi connectivity index (χ1n) is 10.2. The summed E-state index contributed by atoms with van der Waals surface area (Å²) in [4.78, 5) is 17.3. The van der Waals surface area contributed by atoms with Crippen molar-refractivity contribution in [1.82, 2.24) is 24.6 Å². The molecule has 0 aliphatic rings. The van der Waals surface area contributed by atoms with Gasteiger partial charge >= 0.3 is 0 Å². The Labute approximate surface area is 186 Å². The number of imidazole rings is 1. The van der Waals surface area contributed by atoms with Crippen LogP contribution in [-0.4, -0.2) is 45.5 Å². The van der Waals surface area contributed by atoms with E-state index in [-0.39, 0.29) is 11.9 Å². The highest BCUT2D eigenvalue weighted by Gasteiger charge is 2.21. The van der Waals surface area contributed by atoms with Crippen LogP contribution in [-0.2, 0) is 6.54 Å². The van der Waals surface area contributed by atoms with E-state index in [4.69, 9.17) is 9.47 Å². The monoisotopic (exact) mass is 431 g/mol. The van der Waals surface area contributed by atoms with E-state index in [1.165, 1.54) is 0 Å². The number of hydrogen-bond donors (Lipinski definition) is 1. The molecule has 0 spiro atoms. The number of rotatable bonds is 8. The molecule has 1 amide bonds. The van der Waals surface area contributed by atoms with Crippen molar-refractivity contribution in [2.45, 2.75) is 19.5 Å². The molecule has 8 nitrogen and oxygen atoms in total. The summed E-state index contributed by atoms with van der Waals surface area (Å²) < 4.78 is 14.4. The topological polar surface area (TPSA) is 83.2 Å². The minimum absolute atomic E-state index is 0.114. The second-order valence-electron chi connectivity index (χ2n) is 7.38. The predicted molar refractivity (Wildman–Crippen MR) is 121 cm³/mol. The van der Waals surface area contributed by atoms with Crippen LogP contribution in [0.3, 0.4) is 0 Å². The van der Waals surface area contributed by atoms with Gasteiger partial charge in [0.05, 0.1) is 26.2 Å². The lowest BCUT2D eigenvalue weighted by Gasteiger charge is -2.14. The van der Waals surface area contributed by atoms with Gasteiger partial charge in [-0.2, -0.15) is 5.10 Å². The molecule has 1 N–H and O–H groups in total. The fourth-order valence-corrected chi connectivity index (χ4v) is 3.52. The third kappa shape index (κ3) is 4.49. The van der Waals surface area contributed by atoms with Crippen LogP contribution >= 0.6 is 0 Å². The van der Waals surface area contributed by atoms with Crippen LogP contribution in [0.15, 0.2) is 73.4 Å². The lowest BCUT2D eigenvalue weighted by molar-refractivity contribution is 0.0932. The third-order valence-electron chi connectivity index (χ3n) is 5.07. The molecule has 1 atom stereocenters. The Kier molecular flexibility index (Phi) is 6.21. The van der Waals surface area contributed by atoms with Crippen LogP contribution in [0.1, 0.15) is 17.4 Å². The van der Waals surface area contributed by atoms with E-state index >= 15 is 0 Å². The lowest BCUT2D eigenvalue weighted by atomic mass is 10.1. The van der Waals surface area contributed by atoms with Gasteiger partial charge in [0.25, 0.3) is 5.91 Å². The first kappa shape index (κ1) is 21.2. The maximum absolute atomic E-state index is 13.2. The zero-order valence-corrected chi connectivity index (χ0v) is 18.2. The van der Waals surface area contributed by atoms with Crippen molar-refractivity contribution < 1.29 is 14.3 Å². The molecule has 4 aromatic rings. The van der Waals surface area contributed by atoms with Crippen LogP contribution in [0, 0.1) is 0 Å². The Morgan fingerprint density at radius 2 is 1.88 bits per heavy atom. The molecule has 2 heterocycles. The summed E-state index contributed by atoms with van der Waals surface area (Å²) in [6.45, 7) is 2.55. The minimum atomic E-state index is -0.253. The van der Waals surface area contributed by atoms with E-state index in [1.54, 1.807) is 31.4 Å². The molecule has 2 aromatic carbocycles. The van der Waals surface area contributed by atoms with Gasteiger partial charge in [0, 0.05) is 36.7 Å². The average molecular weight is 431 g/mol. The third-order valence-corrected chi connectivity index (χ3v) is 5.07. The molecule has 2 aromatic heterocycles. The normalized spacial score (nSPS) is 11.7. The number of nitrogens with zero attached hydrogens (tertiary/aromatic N) is 4. The molecule has 0 fully saturated rings. The first-order chi connectivity index (χ1) is 15.6. The standard InChI is InChI=1S/C24H25N5O3/c1-17(14-28-12-11-25-16-28)26-24(30)23-20(15-29(27-23)19-7-5-4-6-8-19)18-9-10-21(31-2)22(13-18)32-3/h4-13,15-17H,14H2,1-3H3,(H,26,30). The average Bonchev–Trinajstić information content (AvgIpc) is 3.49. The van der Waals surface area contributed by atoms with E-state index in [9.17, 15) is 4.79 Å². The zero-order valence-electron chi connectivity index (χ0n) is 18.2. The van der Waals surface area contributed by atoms with Crippen LogP contribution in [0.4, 0.5) is 0 Å². The maximum Gasteiger partial charge on any atom is 0.272 e. The molecule has 1 unspecified atom stereocenters. The number of carbonyl (C=O) groups excluding carboxylic acids is 1. The summed E-state index contributed by atoms with van der Waals surface area (Å²) in [5, 5.41) is 7.66. The summed E-state index contributed by atoms with van der Waals surface area (Å²) in [5.74, 6) is 0.945. The number of benzene rings is 2. The van der Waals surface area contributed by atoms with E-state index in [0.29, 0.717) is 29.3 Å². The van der Waals surface area contributed by atoms with E-state index in [2.05, 4.69) is 15.4 Å². The second-order valence-corrected chi connectivity index (χ2v) is 7.38.